The molecule has 0 atom stereocenters. The summed E-state index contributed by atoms with van der Waals surface area (Å²) in [6.07, 6.45) is 1.56. The number of para-hydroxylation sites is 2. The van der Waals surface area contributed by atoms with Crippen molar-refractivity contribution in [3.8, 4) is 5.75 Å². The lowest BCUT2D eigenvalue weighted by Gasteiger charge is -2.14. The van der Waals surface area contributed by atoms with Gasteiger partial charge in [0.1, 0.15) is 18.9 Å². The quantitative estimate of drug-likeness (QED) is 0.183. The maximum absolute atomic E-state index is 12.9. The Labute approximate surface area is 212 Å². The van der Waals surface area contributed by atoms with E-state index in [1.54, 1.807) is 18.3 Å². The van der Waals surface area contributed by atoms with Gasteiger partial charge in [-0.25, -0.2) is 5.43 Å². The minimum Gasteiger partial charge on any atom is -0.489 e. The van der Waals surface area contributed by atoms with E-state index in [1.807, 2.05) is 89.5 Å². The van der Waals surface area contributed by atoms with Gasteiger partial charge >= 0.3 is 0 Å². The molecule has 0 radical (unpaired) electrons. The first kappa shape index (κ1) is 23.3. The van der Waals surface area contributed by atoms with Crippen LogP contribution in [0.1, 0.15) is 11.1 Å². The number of aromatic nitrogens is 1. The average molecular weight is 496 g/mol. The Bertz CT molecular complexity index is 1600. The molecule has 0 fully saturated rings. The summed E-state index contributed by atoms with van der Waals surface area (Å²) in [4.78, 5) is 25.6. The minimum absolute atomic E-state index is 0.0135. The van der Waals surface area contributed by atoms with E-state index >= 15 is 0 Å². The number of carbonyl (C=O) groups excluding carboxylic acids is 1. The Balaban J connectivity index is 1.29. The summed E-state index contributed by atoms with van der Waals surface area (Å²) in [5.41, 5.74) is 5.59. The van der Waals surface area contributed by atoms with Crippen molar-refractivity contribution in [2.24, 2.45) is 5.10 Å². The summed E-state index contributed by atoms with van der Waals surface area (Å²) in [6.45, 7) is 0.359. The molecule has 4 aromatic carbocycles. The number of nitrogens with one attached hydrogen (secondary N) is 1. The zero-order valence-corrected chi connectivity index (χ0v) is 20.0. The normalized spacial score (nSPS) is 11.2. The van der Waals surface area contributed by atoms with E-state index in [2.05, 4.69) is 10.5 Å². The number of fused-ring (bicyclic) bond motifs is 2. The first-order chi connectivity index (χ1) is 17.6. The standard InChI is InChI=1S/C29H22ClN3O3/c30-25-13-4-1-9-21(25)19-36-22-10-7-8-20(16-22)17-31-32-28(34)18-33-26-14-5-2-11-23(26)29(35)24-12-3-6-15-27(24)33/h1-17H,18-19H2,(H,32,34)/b31-17+. The fourth-order valence-corrected chi connectivity index (χ4v) is 4.26. The van der Waals surface area contributed by atoms with Gasteiger partial charge in [-0.05, 0) is 48.0 Å². The van der Waals surface area contributed by atoms with Gasteiger partial charge in [0.15, 0.2) is 5.43 Å². The highest BCUT2D eigenvalue weighted by Gasteiger charge is 2.12. The molecule has 1 heterocycles. The van der Waals surface area contributed by atoms with Crippen LogP contribution in [0, 0.1) is 0 Å². The van der Waals surface area contributed by atoms with E-state index in [1.165, 1.54) is 0 Å². The second-order valence-electron chi connectivity index (χ2n) is 8.20. The molecule has 1 amide bonds. The number of hydrogen-bond donors (Lipinski definition) is 1. The molecular weight excluding hydrogens is 474 g/mol. The molecule has 1 aromatic heterocycles. The molecule has 36 heavy (non-hydrogen) atoms. The molecule has 0 bridgehead atoms. The zero-order chi connectivity index (χ0) is 24.9. The SMILES string of the molecule is O=C(Cn1c2ccccc2c(=O)c2ccccc21)N/N=C/c1cccc(OCc2ccccc2Cl)c1. The molecule has 5 aromatic rings. The number of benzene rings is 4. The number of pyridine rings is 1. The van der Waals surface area contributed by atoms with Crippen molar-refractivity contribution >= 4 is 45.5 Å². The molecule has 1 N–H and O–H groups in total. The van der Waals surface area contributed by atoms with Crippen molar-refractivity contribution in [2.75, 3.05) is 0 Å². The molecule has 5 rings (SSSR count). The molecule has 0 unspecified atom stereocenters. The number of ether oxygens (including phenoxy) is 1. The van der Waals surface area contributed by atoms with Crippen LogP contribution in [-0.4, -0.2) is 16.7 Å². The van der Waals surface area contributed by atoms with Crippen LogP contribution in [0.2, 0.25) is 5.02 Å². The molecule has 0 spiro atoms. The molecule has 0 saturated carbocycles. The van der Waals surface area contributed by atoms with Crippen LogP contribution in [0.15, 0.2) is 107 Å². The number of hydrazone groups is 1. The van der Waals surface area contributed by atoms with Crippen LogP contribution in [0.5, 0.6) is 5.75 Å². The third-order valence-electron chi connectivity index (χ3n) is 5.79. The maximum Gasteiger partial charge on any atom is 0.260 e. The van der Waals surface area contributed by atoms with Crippen LogP contribution in [-0.2, 0) is 17.9 Å². The molecule has 178 valence electrons. The van der Waals surface area contributed by atoms with Crippen molar-refractivity contribution in [1.29, 1.82) is 0 Å². The lowest BCUT2D eigenvalue weighted by Crippen LogP contribution is -2.25. The van der Waals surface area contributed by atoms with Gasteiger partial charge in [-0.1, -0.05) is 66.2 Å². The summed E-state index contributed by atoms with van der Waals surface area (Å²) in [5, 5.41) is 5.91. The second kappa shape index (κ2) is 10.5. The molecular formula is C29H22ClN3O3. The largest absolute Gasteiger partial charge is 0.489 e. The Hall–Kier alpha value is -4.42. The van der Waals surface area contributed by atoms with Gasteiger partial charge < -0.3 is 9.30 Å². The predicted octanol–water partition coefficient (Wildman–Crippen LogP) is 5.54. The van der Waals surface area contributed by atoms with Gasteiger partial charge in [0, 0.05) is 21.4 Å². The van der Waals surface area contributed by atoms with Crippen LogP contribution in [0.3, 0.4) is 0 Å². The van der Waals surface area contributed by atoms with Gasteiger partial charge in [-0.3, -0.25) is 9.59 Å². The first-order valence-electron chi connectivity index (χ1n) is 11.4. The van der Waals surface area contributed by atoms with E-state index in [0.29, 0.717) is 39.2 Å². The number of rotatable bonds is 7. The van der Waals surface area contributed by atoms with Crippen LogP contribution < -0.4 is 15.6 Å². The fraction of sp³-hybridized carbons (Fsp3) is 0.0690. The third kappa shape index (κ3) is 4.99. The van der Waals surface area contributed by atoms with Crippen molar-refractivity contribution in [3.05, 3.63) is 123 Å². The van der Waals surface area contributed by atoms with E-state index in [-0.39, 0.29) is 17.9 Å². The Morgan fingerprint density at radius 3 is 2.28 bits per heavy atom. The van der Waals surface area contributed by atoms with Gasteiger partial charge in [0.2, 0.25) is 0 Å². The summed E-state index contributed by atoms with van der Waals surface area (Å²) in [7, 11) is 0. The Morgan fingerprint density at radius 1 is 0.889 bits per heavy atom. The smallest absolute Gasteiger partial charge is 0.260 e. The van der Waals surface area contributed by atoms with Gasteiger partial charge in [-0.15, -0.1) is 0 Å². The van der Waals surface area contributed by atoms with Gasteiger partial charge in [0.05, 0.1) is 17.2 Å². The van der Waals surface area contributed by atoms with Crippen LogP contribution in [0.4, 0.5) is 0 Å². The second-order valence-corrected chi connectivity index (χ2v) is 8.60. The fourth-order valence-electron chi connectivity index (χ4n) is 4.07. The average Bonchev–Trinajstić information content (AvgIpc) is 2.91. The molecule has 0 saturated heterocycles. The lowest BCUT2D eigenvalue weighted by atomic mass is 10.1. The van der Waals surface area contributed by atoms with E-state index in [0.717, 1.165) is 11.1 Å². The zero-order valence-electron chi connectivity index (χ0n) is 19.2. The topological polar surface area (TPSA) is 72.7 Å². The van der Waals surface area contributed by atoms with Crippen LogP contribution >= 0.6 is 11.6 Å². The van der Waals surface area contributed by atoms with Gasteiger partial charge in [0.25, 0.3) is 5.91 Å². The van der Waals surface area contributed by atoms with Crippen molar-refractivity contribution in [2.45, 2.75) is 13.2 Å². The molecule has 0 aliphatic carbocycles. The molecule has 6 nitrogen and oxygen atoms in total. The lowest BCUT2D eigenvalue weighted by molar-refractivity contribution is -0.121. The summed E-state index contributed by atoms with van der Waals surface area (Å²) >= 11 is 6.19. The predicted molar refractivity (Wildman–Crippen MR) is 144 cm³/mol. The number of halogens is 1. The molecule has 0 aliphatic rings. The minimum atomic E-state index is -0.309. The highest BCUT2D eigenvalue weighted by molar-refractivity contribution is 6.31. The number of nitrogens with zero attached hydrogens (tertiary/aromatic N) is 2. The Morgan fingerprint density at radius 2 is 1.56 bits per heavy atom. The van der Waals surface area contributed by atoms with Crippen LogP contribution in [0.25, 0.3) is 21.8 Å². The van der Waals surface area contributed by atoms with Crippen molar-refractivity contribution < 1.29 is 9.53 Å². The monoisotopic (exact) mass is 495 g/mol. The number of carbonyl (C=O) groups is 1. The van der Waals surface area contributed by atoms with E-state index in [9.17, 15) is 9.59 Å². The highest BCUT2D eigenvalue weighted by atomic mass is 35.5. The number of amides is 1. The van der Waals surface area contributed by atoms with E-state index < -0.39 is 0 Å². The number of hydrogen-bond acceptors (Lipinski definition) is 4. The van der Waals surface area contributed by atoms with Crippen molar-refractivity contribution in [3.63, 3.8) is 0 Å². The molecule has 0 aliphatic heterocycles. The first-order valence-corrected chi connectivity index (χ1v) is 11.8. The molecule has 7 heteroatoms. The summed E-state index contributed by atoms with van der Waals surface area (Å²) in [5.74, 6) is 0.354. The highest BCUT2D eigenvalue weighted by Crippen LogP contribution is 2.20. The third-order valence-corrected chi connectivity index (χ3v) is 6.16. The van der Waals surface area contributed by atoms with E-state index in [4.69, 9.17) is 16.3 Å². The van der Waals surface area contributed by atoms with Gasteiger partial charge in [-0.2, -0.15) is 5.10 Å². The summed E-state index contributed by atoms with van der Waals surface area (Å²) < 4.78 is 7.68. The Kier molecular flexibility index (Phi) is 6.78. The maximum atomic E-state index is 12.9. The van der Waals surface area contributed by atoms with Crippen molar-refractivity contribution in [1.82, 2.24) is 9.99 Å². The summed E-state index contributed by atoms with van der Waals surface area (Å²) in [6, 6.07) is 29.5.